The highest BCUT2D eigenvalue weighted by Gasteiger charge is 2.27. The summed E-state index contributed by atoms with van der Waals surface area (Å²) >= 11 is 0. The summed E-state index contributed by atoms with van der Waals surface area (Å²) in [6, 6.07) is 3.05. The molecule has 1 aliphatic carbocycles. The van der Waals surface area contributed by atoms with Crippen LogP contribution >= 0.6 is 0 Å². The van der Waals surface area contributed by atoms with E-state index in [0.29, 0.717) is 12.4 Å². The molecule has 1 aromatic rings. The van der Waals surface area contributed by atoms with Gasteiger partial charge in [0.15, 0.2) is 0 Å². The first-order chi connectivity index (χ1) is 10.2. The Hall–Kier alpha value is -1.53. The Labute approximate surface area is 124 Å². The van der Waals surface area contributed by atoms with Crippen molar-refractivity contribution in [3.8, 4) is 0 Å². The molecule has 6 nitrogen and oxygen atoms in total. The minimum absolute atomic E-state index is 0.0311. The molecule has 1 aromatic heterocycles. The van der Waals surface area contributed by atoms with E-state index in [2.05, 4.69) is 10.6 Å². The molecule has 2 rings (SSSR count). The lowest BCUT2D eigenvalue weighted by molar-refractivity contribution is 0.143. The smallest absolute Gasteiger partial charge is 0.315 e. The number of rotatable bonds is 6. The van der Waals surface area contributed by atoms with Gasteiger partial charge in [-0.25, -0.2) is 4.79 Å². The van der Waals surface area contributed by atoms with Crippen molar-refractivity contribution in [2.45, 2.75) is 37.8 Å². The molecule has 6 heteroatoms. The van der Waals surface area contributed by atoms with Gasteiger partial charge in [-0.1, -0.05) is 12.8 Å². The third-order valence-corrected chi connectivity index (χ3v) is 3.99. The summed E-state index contributed by atoms with van der Waals surface area (Å²) < 4.78 is 10.4. The highest BCUT2D eigenvalue weighted by Crippen LogP contribution is 2.24. The van der Waals surface area contributed by atoms with Gasteiger partial charge >= 0.3 is 6.03 Å². The number of hydrogen-bond acceptors (Lipinski definition) is 4. The van der Waals surface area contributed by atoms with Gasteiger partial charge in [0.25, 0.3) is 0 Å². The Kier molecular flexibility index (Phi) is 6.07. The number of carbonyl (C=O) groups excluding carboxylic acids is 1. The minimum atomic E-state index is -0.318. The molecule has 3 unspecified atom stereocenters. The summed E-state index contributed by atoms with van der Waals surface area (Å²) in [4.78, 5) is 12.2. The second-order valence-electron chi connectivity index (χ2n) is 5.47. The molecule has 3 N–H and O–H groups in total. The standard InChI is InChI=1S/C15H24N2O4/c1-20-10-13(14-7-4-8-21-14)17-15(19)16-12-6-3-2-5-11(12)9-18/h4,7-8,11-13,18H,2-3,5-6,9-10H2,1H3,(H2,16,17,19). The van der Waals surface area contributed by atoms with Crippen LogP contribution in [0.15, 0.2) is 22.8 Å². The Bertz CT molecular complexity index is 421. The van der Waals surface area contributed by atoms with Crippen LogP contribution in [0.4, 0.5) is 4.79 Å². The number of furan rings is 1. The zero-order valence-electron chi connectivity index (χ0n) is 12.4. The predicted molar refractivity (Wildman–Crippen MR) is 77.8 cm³/mol. The first-order valence-electron chi connectivity index (χ1n) is 7.44. The molecular weight excluding hydrogens is 272 g/mol. The Morgan fingerprint density at radius 2 is 2.33 bits per heavy atom. The third-order valence-electron chi connectivity index (χ3n) is 3.99. The van der Waals surface area contributed by atoms with Crippen LogP contribution in [0.5, 0.6) is 0 Å². The zero-order valence-corrected chi connectivity index (χ0v) is 12.4. The quantitative estimate of drug-likeness (QED) is 0.747. The molecule has 2 amide bonds. The van der Waals surface area contributed by atoms with Crippen molar-refractivity contribution in [2.75, 3.05) is 20.3 Å². The van der Waals surface area contributed by atoms with E-state index in [1.54, 1.807) is 25.5 Å². The van der Waals surface area contributed by atoms with Crippen LogP contribution in [-0.2, 0) is 4.74 Å². The van der Waals surface area contributed by atoms with Gasteiger partial charge in [0, 0.05) is 25.7 Å². The summed E-state index contributed by atoms with van der Waals surface area (Å²) in [5.41, 5.74) is 0. The molecule has 1 saturated carbocycles. The van der Waals surface area contributed by atoms with E-state index in [1.165, 1.54) is 0 Å². The van der Waals surface area contributed by atoms with Crippen LogP contribution in [0.2, 0.25) is 0 Å². The molecule has 0 aromatic carbocycles. The number of aliphatic hydroxyl groups is 1. The molecule has 21 heavy (non-hydrogen) atoms. The van der Waals surface area contributed by atoms with Crippen LogP contribution in [0, 0.1) is 5.92 Å². The Morgan fingerprint density at radius 1 is 1.52 bits per heavy atom. The fourth-order valence-corrected chi connectivity index (χ4v) is 2.84. The highest BCUT2D eigenvalue weighted by molar-refractivity contribution is 5.74. The van der Waals surface area contributed by atoms with E-state index in [4.69, 9.17) is 9.15 Å². The van der Waals surface area contributed by atoms with Gasteiger partial charge in [-0.15, -0.1) is 0 Å². The van der Waals surface area contributed by atoms with Gasteiger partial charge in [0.1, 0.15) is 11.8 Å². The first-order valence-corrected chi connectivity index (χ1v) is 7.44. The minimum Gasteiger partial charge on any atom is -0.467 e. The molecule has 0 radical (unpaired) electrons. The summed E-state index contributed by atoms with van der Waals surface area (Å²) in [5.74, 6) is 0.809. The number of carbonyl (C=O) groups is 1. The molecule has 0 bridgehead atoms. The van der Waals surface area contributed by atoms with Crippen molar-refractivity contribution in [1.29, 1.82) is 0 Å². The number of nitrogens with one attached hydrogen (secondary N) is 2. The molecule has 1 heterocycles. The Balaban J connectivity index is 1.89. The second kappa shape index (κ2) is 8.05. The molecule has 0 spiro atoms. The van der Waals surface area contributed by atoms with Crippen molar-refractivity contribution < 1.29 is 19.1 Å². The van der Waals surface area contributed by atoms with Crippen molar-refractivity contribution in [3.63, 3.8) is 0 Å². The van der Waals surface area contributed by atoms with Crippen LogP contribution < -0.4 is 10.6 Å². The fraction of sp³-hybridized carbons (Fsp3) is 0.667. The summed E-state index contributed by atoms with van der Waals surface area (Å²) in [7, 11) is 1.58. The zero-order chi connectivity index (χ0) is 15.1. The van der Waals surface area contributed by atoms with Crippen molar-refractivity contribution in [1.82, 2.24) is 10.6 Å². The molecule has 118 valence electrons. The number of urea groups is 1. The lowest BCUT2D eigenvalue weighted by Crippen LogP contribution is -2.48. The second-order valence-corrected chi connectivity index (χ2v) is 5.47. The monoisotopic (exact) mass is 296 g/mol. The van der Waals surface area contributed by atoms with Crippen molar-refractivity contribution >= 4 is 6.03 Å². The maximum Gasteiger partial charge on any atom is 0.315 e. The van der Waals surface area contributed by atoms with Crippen LogP contribution in [0.3, 0.4) is 0 Å². The fourth-order valence-electron chi connectivity index (χ4n) is 2.84. The van der Waals surface area contributed by atoms with Gasteiger partial charge in [-0.05, 0) is 25.0 Å². The number of methoxy groups -OCH3 is 1. The van der Waals surface area contributed by atoms with Gasteiger partial charge in [0.2, 0.25) is 0 Å². The molecule has 3 atom stereocenters. The number of amides is 2. The summed E-state index contributed by atoms with van der Waals surface area (Å²) in [6.07, 6.45) is 5.64. The lowest BCUT2D eigenvalue weighted by atomic mass is 9.85. The highest BCUT2D eigenvalue weighted by atomic mass is 16.5. The SMILES string of the molecule is COCC(NC(=O)NC1CCCCC1CO)c1ccco1. The number of hydrogen-bond donors (Lipinski definition) is 3. The molecule has 0 saturated heterocycles. The third kappa shape index (κ3) is 4.47. The van der Waals surface area contributed by atoms with E-state index < -0.39 is 0 Å². The molecule has 1 fully saturated rings. The van der Waals surface area contributed by atoms with Gasteiger partial charge in [0.05, 0.1) is 12.9 Å². The molecule has 1 aliphatic rings. The molecular formula is C15H24N2O4. The van der Waals surface area contributed by atoms with E-state index in [9.17, 15) is 9.90 Å². The number of ether oxygens (including phenoxy) is 1. The maximum atomic E-state index is 12.2. The average Bonchev–Trinajstić information content (AvgIpc) is 3.01. The van der Waals surface area contributed by atoms with Crippen LogP contribution in [-0.4, -0.2) is 37.5 Å². The van der Waals surface area contributed by atoms with E-state index >= 15 is 0 Å². The summed E-state index contributed by atoms with van der Waals surface area (Å²) in [5, 5.41) is 15.2. The normalized spacial score (nSPS) is 23.5. The maximum absolute atomic E-state index is 12.2. The first kappa shape index (κ1) is 15.9. The number of aliphatic hydroxyl groups excluding tert-OH is 1. The van der Waals surface area contributed by atoms with Crippen LogP contribution in [0.1, 0.15) is 37.5 Å². The summed E-state index contributed by atoms with van der Waals surface area (Å²) in [6.45, 7) is 0.458. The largest absolute Gasteiger partial charge is 0.467 e. The van der Waals surface area contributed by atoms with Crippen LogP contribution in [0.25, 0.3) is 0 Å². The van der Waals surface area contributed by atoms with Gasteiger partial charge in [-0.2, -0.15) is 0 Å². The molecule has 0 aliphatic heterocycles. The van der Waals surface area contributed by atoms with E-state index in [0.717, 1.165) is 25.7 Å². The van der Waals surface area contributed by atoms with Crippen molar-refractivity contribution in [2.24, 2.45) is 5.92 Å². The van der Waals surface area contributed by atoms with Crippen molar-refractivity contribution in [3.05, 3.63) is 24.2 Å². The van der Waals surface area contributed by atoms with E-state index in [-0.39, 0.29) is 30.6 Å². The Morgan fingerprint density at radius 3 is 3.00 bits per heavy atom. The van der Waals surface area contributed by atoms with Gasteiger partial charge < -0.3 is 24.9 Å². The average molecular weight is 296 g/mol. The van der Waals surface area contributed by atoms with Gasteiger partial charge in [-0.3, -0.25) is 0 Å². The van der Waals surface area contributed by atoms with E-state index in [1.807, 2.05) is 0 Å². The lowest BCUT2D eigenvalue weighted by Gasteiger charge is -2.31. The topological polar surface area (TPSA) is 83.7 Å². The predicted octanol–water partition coefficient (Wildman–Crippen LogP) is 1.82.